The summed E-state index contributed by atoms with van der Waals surface area (Å²) < 4.78 is 7.41. The topological polar surface area (TPSA) is 39.1 Å². The van der Waals surface area contributed by atoms with Gasteiger partial charge in [-0.15, -0.1) is 0 Å². The van der Waals surface area contributed by atoms with Gasteiger partial charge in [0.1, 0.15) is 5.75 Å². The third kappa shape index (κ3) is 2.47. The number of nitrogens with zero attached hydrogens (tertiary/aromatic N) is 2. The monoisotopic (exact) mass is 245 g/mol. The number of methoxy groups -OCH3 is 1. The van der Waals surface area contributed by atoms with Crippen molar-refractivity contribution >= 4 is 5.95 Å². The lowest BCUT2D eigenvalue weighted by molar-refractivity contribution is 0.413. The summed E-state index contributed by atoms with van der Waals surface area (Å²) >= 11 is 0. The predicted molar refractivity (Wildman–Crippen MR) is 73.6 cm³/mol. The van der Waals surface area contributed by atoms with Gasteiger partial charge in [0.15, 0.2) is 0 Å². The zero-order chi connectivity index (χ0) is 13.1. The van der Waals surface area contributed by atoms with Crippen molar-refractivity contribution in [3.8, 4) is 11.4 Å². The minimum atomic E-state index is 0.335. The lowest BCUT2D eigenvalue weighted by atomic mass is 10.2. The van der Waals surface area contributed by atoms with Gasteiger partial charge in [-0.05, 0) is 38.5 Å². The molecule has 18 heavy (non-hydrogen) atoms. The molecule has 0 unspecified atom stereocenters. The van der Waals surface area contributed by atoms with Crippen LogP contribution < -0.4 is 10.1 Å². The molecule has 2 aromatic rings. The minimum Gasteiger partial charge on any atom is -0.495 e. The molecule has 1 aromatic heterocycles. The number of anilines is 1. The summed E-state index contributed by atoms with van der Waals surface area (Å²) in [5.41, 5.74) is 2.19. The number of hydrogen-bond donors (Lipinski definition) is 1. The van der Waals surface area contributed by atoms with E-state index < -0.39 is 0 Å². The second-order valence-electron chi connectivity index (χ2n) is 4.60. The first-order valence-electron chi connectivity index (χ1n) is 6.06. The van der Waals surface area contributed by atoms with Crippen LogP contribution in [-0.4, -0.2) is 22.7 Å². The maximum absolute atomic E-state index is 5.41. The van der Waals surface area contributed by atoms with Crippen LogP contribution in [0.3, 0.4) is 0 Å². The van der Waals surface area contributed by atoms with Crippen LogP contribution in [0, 0.1) is 6.92 Å². The van der Waals surface area contributed by atoms with Crippen LogP contribution >= 0.6 is 0 Å². The number of aryl methyl sites for hydroxylation is 1. The van der Waals surface area contributed by atoms with Crippen LogP contribution in [0.15, 0.2) is 30.6 Å². The molecule has 0 aliphatic heterocycles. The lowest BCUT2D eigenvalue weighted by Crippen LogP contribution is -2.14. The average molecular weight is 245 g/mol. The van der Waals surface area contributed by atoms with E-state index in [2.05, 4.69) is 37.1 Å². The van der Waals surface area contributed by atoms with Crippen LogP contribution in [0.1, 0.15) is 19.4 Å². The van der Waals surface area contributed by atoms with Crippen LogP contribution in [0.25, 0.3) is 5.69 Å². The Morgan fingerprint density at radius 2 is 2.11 bits per heavy atom. The highest BCUT2D eigenvalue weighted by molar-refractivity contribution is 5.53. The van der Waals surface area contributed by atoms with E-state index in [1.165, 1.54) is 5.56 Å². The molecule has 0 fully saturated rings. The third-order valence-corrected chi connectivity index (χ3v) is 2.65. The van der Waals surface area contributed by atoms with Gasteiger partial charge in [-0.2, -0.15) is 0 Å². The summed E-state index contributed by atoms with van der Waals surface area (Å²) in [6.07, 6.45) is 3.72. The fourth-order valence-electron chi connectivity index (χ4n) is 1.85. The Bertz CT molecular complexity index is 532. The molecule has 1 heterocycles. The second kappa shape index (κ2) is 5.12. The van der Waals surface area contributed by atoms with Gasteiger partial charge in [0.25, 0.3) is 0 Å². The number of aromatic nitrogens is 2. The quantitative estimate of drug-likeness (QED) is 0.900. The van der Waals surface area contributed by atoms with Crippen molar-refractivity contribution < 1.29 is 4.74 Å². The molecule has 0 aliphatic carbocycles. The van der Waals surface area contributed by atoms with Gasteiger partial charge in [0, 0.05) is 18.4 Å². The van der Waals surface area contributed by atoms with Crippen LogP contribution in [0.4, 0.5) is 5.95 Å². The van der Waals surface area contributed by atoms with Gasteiger partial charge in [0.05, 0.1) is 12.8 Å². The van der Waals surface area contributed by atoms with Gasteiger partial charge < -0.3 is 10.1 Å². The molecule has 2 rings (SSSR count). The zero-order valence-corrected chi connectivity index (χ0v) is 11.3. The van der Waals surface area contributed by atoms with Crippen molar-refractivity contribution in [1.29, 1.82) is 0 Å². The van der Waals surface area contributed by atoms with E-state index >= 15 is 0 Å². The SMILES string of the molecule is COc1ccc(C)cc1-n1ccnc1NC(C)C. The first-order chi connectivity index (χ1) is 8.61. The highest BCUT2D eigenvalue weighted by Gasteiger charge is 2.10. The van der Waals surface area contributed by atoms with Gasteiger partial charge in [-0.25, -0.2) is 4.98 Å². The van der Waals surface area contributed by atoms with E-state index in [4.69, 9.17) is 4.74 Å². The van der Waals surface area contributed by atoms with E-state index in [-0.39, 0.29) is 0 Å². The molecule has 0 saturated carbocycles. The Labute approximate surface area is 108 Å². The largest absolute Gasteiger partial charge is 0.495 e. The van der Waals surface area contributed by atoms with Crippen molar-refractivity contribution in [3.63, 3.8) is 0 Å². The first kappa shape index (κ1) is 12.5. The Hall–Kier alpha value is -1.97. The highest BCUT2D eigenvalue weighted by atomic mass is 16.5. The predicted octanol–water partition coefficient (Wildman–Crippen LogP) is 3.01. The van der Waals surface area contributed by atoms with Gasteiger partial charge in [-0.3, -0.25) is 4.57 Å². The van der Waals surface area contributed by atoms with Crippen molar-refractivity contribution in [2.24, 2.45) is 0 Å². The summed E-state index contributed by atoms with van der Waals surface area (Å²) in [7, 11) is 1.68. The summed E-state index contributed by atoms with van der Waals surface area (Å²) in [6.45, 7) is 6.24. The Kier molecular flexibility index (Phi) is 3.55. The van der Waals surface area contributed by atoms with E-state index in [0.717, 1.165) is 17.4 Å². The second-order valence-corrected chi connectivity index (χ2v) is 4.60. The number of hydrogen-bond acceptors (Lipinski definition) is 3. The minimum absolute atomic E-state index is 0.335. The molecule has 0 amide bonds. The Morgan fingerprint density at radius 3 is 2.78 bits per heavy atom. The Morgan fingerprint density at radius 1 is 1.33 bits per heavy atom. The molecule has 0 bridgehead atoms. The number of nitrogens with one attached hydrogen (secondary N) is 1. The maximum atomic E-state index is 5.41. The normalized spacial score (nSPS) is 10.7. The lowest BCUT2D eigenvalue weighted by Gasteiger charge is -2.15. The highest BCUT2D eigenvalue weighted by Crippen LogP contribution is 2.26. The smallest absolute Gasteiger partial charge is 0.207 e. The molecular weight excluding hydrogens is 226 g/mol. The summed E-state index contributed by atoms with van der Waals surface area (Å²) in [6, 6.07) is 6.44. The van der Waals surface area contributed by atoms with Crippen LogP contribution in [0.2, 0.25) is 0 Å². The molecule has 0 saturated heterocycles. The third-order valence-electron chi connectivity index (χ3n) is 2.65. The molecule has 96 valence electrons. The first-order valence-corrected chi connectivity index (χ1v) is 6.06. The molecule has 4 nitrogen and oxygen atoms in total. The van der Waals surface area contributed by atoms with Crippen LogP contribution in [0.5, 0.6) is 5.75 Å². The molecular formula is C14H19N3O. The van der Waals surface area contributed by atoms with Gasteiger partial charge in [-0.1, -0.05) is 6.07 Å². The molecule has 0 radical (unpaired) electrons. The van der Waals surface area contributed by atoms with Crippen molar-refractivity contribution in [1.82, 2.24) is 9.55 Å². The van der Waals surface area contributed by atoms with Crippen LogP contribution in [-0.2, 0) is 0 Å². The fourth-order valence-corrected chi connectivity index (χ4v) is 1.85. The number of imidazole rings is 1. The summed E-state index contributed by atoms with van der Waals surface area (Å²) in [5, 5.41) is 3.32. The number of ether oxygens (including phenoxy) is 1. The standard InChI is InChI=1S/C14H19N3O/c1-10(2)16-14-15-7-8-17(14)12-9-11(3)5-6-13(12)18-4/h5-10H,1-4H3,(H,15,16). The van der Waals surface area contributed by atoms with E-state index in [9.17, 15) is 0 Å². The van der Waals surface area contributed by atoms with Crippen molar-refractivity contribution in [2.45, 2.75) is 26.8 Å². The van der Waals surface area contributed by atoms with Crippen molar-refractivity contribution in [3.05, 3.63) is 36.2 Å². The number of rotatable bonds is 4. The van der Waals surface area contributed by atoms with Gasteiger partial charge in [0.2, 0.25) is 5.95 Å². The van der Waals surface area contributed by atoms with E-state index in [0.29, 0.717) is 6.04 Å². The van der Waals surface area contributed by atoms with E-state index in [1.54, 1.807) is 13.3 Å². The molecule has 0 spiro atoms. The molecule has 4 heteroatoms. The molecule has 1 N–H and O–H groups in total. The molecule has 1 aromatic carbocycles. The van der Waals surface area contributed by atoms with E-state index in [1.807, 2.05) is 22.9 Å². The zero-order valence-electron chi connectivity index (χ0n) is 11.3. The van der Waals surface area contributed by atoms with Crippen molar-refractivity contribution in [2.75, 3.05) is 12.4 Å². The summed E-state index contributed by atoms with van der Waals surface area (Å²) in [4.78, 5) is 4.33. The average Bonchev–Trinajstić information content (AvgIpc) is 2.76. The fraction of sp³-hybridized carbons (Fsp3) is 0.357. The number of benzene rings is 1. The van der Waals surface area contributed by atoms with Gasteiger partial charge >= 0.3 is 0 Å². The molecule has 0 atom stereocenters. The summed E-state index contributed by atoms with van der Waals surface area (Å²) in [5.74, 6) is 1.67. The maximum Gasteiger partial charge on any atom is 0.207 e. The Balaban J connectivity index is 2.48. The molecule has 0 aliphatic rings.